The lowest BCUT2D eigenvalue weighted by Crippen LogP contribution is -2.03. The van der Waals surface area contributed by atoms with E-state index in [-0.39, 0.29) is 0 Å². The van der Waals surface area contributed by atoms with E-state index >= 15 is 0 Å². The van der Waals surface area contributed by atoms with Gasteiger partial charge < -0.3 is 0 Å². The molecule has 0 nitrogen and oxygen atoms in total. The van der Waals surface area contributed by atoms with E-state index in [1.165, 1.54) is 28.9 Å². The fourth-order valence-electron chi connectivity index (χ4n) is 3.40. The number of hydrogen-bond acceptors (Lipinski definition) is 3. The van der Waals surface area contributed by atoms with E-state index in [1.807, 2.05) is 11.8 Å². The van der Waals surface area contributed by atoms with Crippen molar-refractivity contribution in [3.63, 3.8) is 0 Å². The minimum absolute atomic E-state index is 0.611. The van der Waals surface area contributed by atoms with Crippen molar-refractivity contribution >= 4 is 34.9 Å². The summed E-state index contributed by atoms with van der Waals surface area (Å²) in [7, 11) is 0. The first-order chi connectivity index (χ1) is 11.4. The highest BCUT2D eigenvalue weighted by atomic mass is 32.2. The fourth-order valence-corrected chi connectivity index (χ4v) is 7.77. The lowest BCUT2D eigenvalue weighted by Gasteiger charge is -2.23. The Bertz CT molecular complexity index is 864. The Kier molecular flexibility index (Phi) is 3.54. The van der Waals surface area contributed by atoms with Crippen LogP contribution in [-0.2, 0) is 12.8 Å². The quantitative estimate of drug-likeness (QED) is 0.379. The van der Waals surface area contributed by atoms with Crippen LogP contribution >= 0.6 is 34.9 Å². The van der Waals surface area contributed by atoms with Crippen molar-refractivity contribution in [1.29, 1.82) is 0 Å². The Morgan fingerprint density at radius 3 is 2.57 bits per heavy atom. The summed E-state index contributed by atoms with van der Waals surface area (Å²) in [5.74, 6) is 0. The smallest absolute Gasteiger partial charge is 0.0404 e. The van der Waals surface area contributed by atoms with Crippen LogP contribution in [0.15, 0.2) is 69.3 Å². The molecular weight excluding hydrogens is 336 g/mol. The molecule has 1 unspecified atom stereocenters. The second-order valence-corrected chi connectivity index (χ2v) is 9.50. The van der Waals surface area contributed by atoms with Gasteiger partial charge in [-0.05, 0) is 30.0 Å². The molecule has 5 rings (SSSR count). The lowest BCUT2D eigenvalue weighted by molar-refractivity contribution is 0.778. The van der Waals surface area contributed by atoms with Crippen LogP contribution in [0.1, 0.15) is 32.6 Å². The van der Waals surface area contributed by atoms with Crippen molar-refractivity contribution in [3.05, 3.63) is 75.5 Å². The fraction of sp³-hybridized carbons (Fsp3) is 0.200. The second kappa shape index (κ2) is 5.73. The predicted octanol–water partition coefficient (Wildman–Crippen LogP) is 6.58. The van der Waals surface area contributed by atoms with Crippen molar-refractivity contribution in [1.82, 2.24) is 0 Å². The van der Waals surface area contributed by atoms with Crippen LogP contribution in [0.25, 0.3) is 0 Å². The minimum atomic E-state index is 0.611. The van der Waals surface area contributed by atoms with Gasteiger partial charge in [0.2, 0.25) is 0 Å². The lowest BCUT2D eigenvalue weighted by atomic mass is 10.1. The highest BCUT2D eigenvalue weighted by molar-refractivity contribution is 8.02. The third-order valence-electron chi connectivity index (χ3n) is 4.56. The molecular formula is C20H16S3. The number of aryl methyl sites for hydroxylation is 1. The molecule has 0 bridgehead atoms. The molecule has 0 amide bonds. The zero-order valence-electron chi connectivity index (χ0n) is 12.6. The minimum Gasteiger partial charge on any atom is -0.143 e. The zero-order chi connectivity index (χ0) is 15.2. The molecule has 3 heterocycles. The molecule has 1 aromatic heterocycles. The monoisotopic (exact) mass is 352 g/mol. The Labute approximate surface area is 149 Å². The maximum atomic E-state index is 2.28. The molecule has 0 fully saturated rings. The Morgan fingerprint density at radius 1 is 0.826 bits per heavy atom. The van der Waals surface area contributed by atoms with Gasteiger partial charge in [-0.2, -0.15) is 0 Å². The number of benzene rings is 2. The first-order valence-corrected chi connectivity index (χ1v) is 10.5. The van der Waals surface area contributed by atoms with Crippen molar-refractivity contribution in [3.8, 4) is 0 Å². The zero-order valence-corrected chi connectivity index (χ0v) is 15.1. The molecule has 23 heavy (non-hydrogen) atoms. The summed E-state index contributed by atoms with van der Waals surface area (Å²) in [5, 5.41) is 0.611. The standard InChI is InChI=1S/C20H16S3/c1-2-6-13(7-3-1)16-10-11-17-19(23-16)20-18(21-17)12-14-8-4-5-9-15(14)22-20/h1-9,16H,10-12H2. The first kappa shape index (κ1) is 14.2. The molecule has 114 valence electrons. The molecule has 0 saturated carbocycles. The first-order valence-electron chi connectivity index (χ1n) is 8.00. The average Bonchev–Trinajstić information content (AvgIpc) is 2.97. The summed E-state index contributed by atoms with van der Waals surface area (Å²) in [6, 6.07) is 19.9. The van der Waals surface area contributed by atoms with E-state index in [0.29, 0.717) is 5.25 Å². The van der Waals surface area contributed by atoms with Gasteiger partial charge in [-0.3, -0.25) is 0 Å². The molecule has 0 N–H and O–H groups in total. The number of thioether (sulfide) groups is 1. The maximum absolute atomic E-state index is 2.28. The molecule has 0 aliphatic carbocycles. The number of fused-ring (bicyclic) bond motifs is 4. The van der Waals surface area contributed by atoms with Crippen LogP contribution in [-0.4, -0.2) is 0 Å². The summed E-state index contributed by atoms with van der Waals surface area (Å²) in [6.07, 6.45) is 3.61. The Morgan fingerprint density at radius 2 is 1.65 bits per heavy atom. The molecule has 0 saturated heterocycles. The topological polar surface area (TPSA) is 0 Å². The number of rotatable bonds is 1. The normalized spacial score (nSPS) is 18.9. The maximum Gasteiger partial charge on any atom is 0.0404 e. The van der Waals surface area contributed by atoms with Crippen LogP contribution in [0, 0.1) is 0 Å². The molecule has 0 radical (unpaired) electrons. The van der Waals surface area contributed by atoms with Gasteiger partial charge in [-0.25, -0.2) is 0 Å². The molecule has 3 heteroatoms. The third kappa shape index (κ3) is 2.46. The summed E-state index contributed by atoms with van der Waals surface area (Å²) in [5.41, 5.74) is 2.97. The highest BCUT2D eigenvalue weighted by Crippen LogP contribution is 2.55. The van der Waals surface area contributed by atoms with Crippen molar-refractivity contribution in [2.75, 3.05) is 0 Å². The second-order valence-electron chi connectivity index (χ2n) is 6.05. The van der Waals surface area contributed by atoms with Crippen LogP contribution < -0.4 is 0 Å². The van der Waals surface area contributed by atoms with E-state index < -0.39 is 0 Å². The van der Waals surface area contributed by atoms with Gasteiger partial charge in [0.15, 0.2) is 0 Å². The molecule has 3 aromatic rings. The number of thiophene rings is 1. The summed E-state index contributed by atoms with van der Waals surface area (Å²) in [4.78, 5) is 7.77. The van der Waals surface area contributed by atoms with Crippen molar-refractivity contribution < 1.29 is 0 Å². The van der Waals surface area contributed by atoms with Gasteiger partial charge in [0, 0.05) is 36.1 Å². The van der Waals surface area contributed by atoms with Crippen LogP contribution in [0.4, 0.5) is 0 Å². The van der Waals surface area contributed by atoms with E-state index in [9.17, 15) is 0 Å². The molecule has 2 aliphatic heterocycles. The van der Waals surface area contributed by atoms with Gasteiger partial charge in [0.05, 0.1) is 0 Å². The van der Waals surface area contributed by atoms with Crippen molar-refractivity contribution in [2.45, 2.75) is 39.2 Å². The van der Waals surface area contributed by atoms with Crippen LogP contribution in [0.3, 0.4) is 0 Å². The van der Waals surface area contributed by atoms with Gasteiger partial charge in [-0.1, -0.05) is 60.3 Å². The molecule has 0 spiro atoms. The Balaban J connectivity index is 1.52. The molecule has 1 atom stereocenters. The van der Waals surface area contributed by atoms with E-state index in [0.717, 1.165) is 6.42 Å². The van der Waals surface area contributed by atoms with Gasteiger partial charge in [0.1, 0.15) is 0 Å². The average molecular weight is 353 g/mol. The van der Waals surface area contributed by atoms with Crippen molar-refractivity contribution in [2.24, 2.45) is 0 Å². The summed E-state index contributed by atoms with van der Waals surface area (Å²) >= 11 is 6.14. The SMILES string of the molecule is c1ccc(C2CCc3sc4c(c3S2)Sc2ccccc2C4)cc1. The predicted molar refractivity (Wildman–Crippen MR) is 101 cm³/mol. The largest absolute Gasteiger partial charge is 0.143 e. The third-order valence-corrected chi connectivity index (χ3v) is 8.95. The van der Waals surface area contributed by atoms with E-state index in [2.05, 4.69) is 77.7 Å². The van der Waals surface area contributed by atoms with Crippen LogP contribution in [0.5, 0.6) is 0 Å². The summed E-state index contributed by atoms with van der Waals surface area (Å²) in [6.45, 7) is 0. The molecule has 2 aliphatic rings. The molecule has 2 aromatic carbocycles. The summed E-state index contributed by atoms with van der Waals surface area (Å²) < 4.78 is 0. The highest BCUT2D eigenvalue weighted by Gasteiger charge is 2.30. The Hall–Kier alpha value is -1.16. The van der Waals surface area contributed by atoms with Gasteiger partial charge >= 0.3 is 0 Å². The van der Waals surface area contributed by atoms with E-state index in [4.69, 9.17) is 0 Å². The van der Waals surface area contributed by atoms with E-state index in [1.54, 1.807) is 19.5 Å². The van der Waals surface area contributed by atoms with Gasteiger partial charge in [-0.15, -0.1) is 23.1 Å². The van der Waals surface area contributed by atoms with Gasteiger partial charge in [0.25, 0.3) is 0 Å². The number of hydrogen-bond donors (Lipinski definition) is 0. The van der Waals surface area contributed by atoms with Crippen LogP contribution in [0.2, 0.25) is 0 Å².